The van der Waals surface area contributed by atoms with Crippen LogP contribution in [0.25, 0.3) is 0 Å². The fourth-order valence-electron chi connectivity index (χ4n) is 3.44. The van der Waals surface area contributed by atoms with E-state index in [-0.39, 0.29) is 0 Å². The number of hydrogen-bond donors (Lipinski definition) is 1. The van der Waals surface area contributed by atoms with E-state index in [1.807, 2.05) is 0 Å². The van der Waals surface area contributed by atoms with Gasteiger partial charge in [0.15, 0.2) is 0 Å². The van der Waals surface area contributed by atoms with Crippen molar-refractivity contribution in [2.75, 3.05) is 32.8 Å². The first-order valence-corrected chi connectivity index (χ1v) is 7.85. The molecule has 2 aliphatic rings. The molecule has 0 aromatic carbocycles. The minimum Gasteiger partial charge on any atom is -0.381 e. The van der Waals surface area contributed by atoms with E-state index in [0.29, 0.717) is 12.0 Å². The van der Waals surface area contributed by atoms with Gasteiger partial charge in [-0.05, 0) is 44.7 Å². The lowest BCUT2D eigenvalue weighted by Gasteiger charge is -2.26. The first-order valence-electron chi connectivity index (χ1n) is 7.85. The van der Waals surface area contributed by atoms with Crippen LogP contribution in [0.5, 0.6) is 0 Å². The van der Waals surface area contributed by atoms with Gasteiger partial charge < -0.3 is 15.4 Å². The Morgan fingerprint density at radius 1 is 1.28 bits per heavy atom. The third-order valence-electron chi connectivity index (χ3n) is 4.68. The number of nitrogens with two attached hydrogens (primary N) is 1. The summed E-state index contributed by atoms with van der Waals surface area (Å²) in [7, 11) is 0. The van der Waals surface area contributed by atoms with Crippen molar-refractivity contribution in [3.63, 3.8) is 0 Å². The van der Waals surface area contributed by atoms with Crippen LogP contribution in [0.2, 0.25) is 0 Å². The third kappa shape index (κ3) is 4.22. The molecule has 18 heavy (non-hydrogen) atoms. The van der Waals surface area contributed by atoms with Gasteiger partial charge in [-0.25, -0.2) is 0 Å². The molecule has 3 unspecified atom stereocenters. The minimum absolute atomic E-state index is 0.315. The number of hydrogen-bond acceptors (Lipinski definition) is 3. The van der Waals surface area contributed by atoms with Crippen LogP contribution in [0.4, 0.5) is 0 Å². The van der Waals surface area contributed by atoms with Crippen molar-refractivity contribution in [3.05, 3.63) is 0 Å². The lowest BCUT2D eigenvalue weighted by Crippen LogP contribution is -2.43. The number of likely N-dealkylation sites (tertiary alicyclic amines) is 1. The molecule has 0 spiro atoms. The maximum Gasteiger partial charge on any atom is 0.0510 e. The van der Waals surface area contributed by atoms with Gasteiger partial charge in [-0.3, -0.25) is 0 Å². The predicted octanol–water partition coefficient (Wildman–Crippen LogP) is 2.25. The van der Waals surface area contributed by atoms with Crippen molar-refractivity contribution in [2.24, 2.45) is 17.6 Å². The molecule has 2 N–H and O–H groups in total. The van der Waals surface area contributed by atoms with Crippen LogP contribution in [0, 0.1) is 11.8 Å². The Hall–Kier alpha value is -0.120. The van der Waals surface area contributed by atoms with Gasteiger partial charge in [-0.2, -0.15) is 0 Å². The molecule has 2 rings (SSSR count). The highest BCUT2D eigenvalue weighted by Crippen LogP contribution is 2.23. The fraction of sp³-hybridized carbons (Fsp3) is 1.00. The first-order chi connectivity index (χ1) is 8.79. The van der Waals surface area contributed by atoms with E-state index >= 15 is 0 Å². The van der Waals surface area contributed by atoms with Gasteiger partial charge >= 0.3 is 0 Å². The van der Waals surface area contributed by atoms with E-state index in [2.05, 4.69) is 11.8 Å². The zero-order valence-corrected chi connectivity index (χ0v) is 11.9. The van der Waals surface area contributed by atoms with E-state index in [1.165, 1.54) is 45.2 Å². The van der Waals surface area contributed by atoms with Gasteiger partial charge in [-0.1, -0.05) is 19.8 Å². The van der Waals surface area contributed by atoms with E-state index in [9.17, 15) is 0 Å². The maximum atomic E-state index is 6.33. The van der Waals surface area contributed by atoms with E-state index in [1.54, 1.807) is 0 Å². The average Bonchev–Trinajstić information content (AvgIpc) is 2.81. The lowest BCUT2D eigenvalue weighted by molar-refractivity contribution is 0.170. The standard InChI is InChI=1S/C15H30N2O/c1-2-4-13-5-3-8-17(9-6-13)11-15(16)14-7-10-18-12-14/h13-15H,2-12,16H2,1H3. The maximum absolute atomic E-state index is 6.33. The normalized spacial score (nSPS) is 32.3. The summed E-state index contributed by atoms with van der Waals surface area (Å²) in [5.41, 5.74) is 6.33. The molecule has 2 fully saturated rings. The molecule has 0 aromatic rings. The SMILES string of the molecule is CCCC1CCCN(CC(N)C2CCOC2)CC1. The zero-order valence-electron chi connectivity index (χ0n) is 11.9. The Labute approximate surface area is 112 Å². The quantitative estimate of drug-likeness (QED) is 0.818. The largest absolute Gasteiger partial charge is 0.381 e. The Bertz CT molecular complexity index is 229. The number of nitrogens with zero attached hydrogens (tertiary/aromatic N) is 1. The summed E-state index contributed by atoms with van der Waals surface area (Å²) in [6, 6.07) is 0.315. The van der Waals surface area contributed by atoms with Crippen LogP contribution in [0.3, 0.4) is 0 Å². The predicted molar refractivity (Wildman–Crippen MR) is 75.6 cm³/mol. The van der Waals surface area contributed by atoms with Crippen LogP contribution in [-0.2, 0) is 4.74 Å². The molecule has 3 heteroatoms. The van der Waals surface area contributed by atoms with Crippen LogP contribution in [-0.4, -0.2) is 43.8 Å². The summed E-state index contributed by atoms with van der Waals surface area (Å²) < 4.78 is 5.44. The highest BCUT2D eigenvalue weighted by atomic mass is 16.5. The molecule has 2 saturated heterocycles. The molecule has 0 amide bonds. The first kappa shape index (κ1) is 14.3. The molecule has 106 valence electrons. The Morgan fingerprint density at radius 2 is 2.17 bits per heavy atom. The second-order valence-electron chi connectivity index (χ2n) is 6.17. The molecule has 2 aliphatic heterocycles. The molecule has 3 nitrogen and oxygen atoms in total. The molecule has 0 aromatic heterocycles. The van der Waals surface area contributed by atoms with Gasteiger partial charge in [0, 0.05) is 25.1 Å². The van der Waals surface area contributed by atoms with Crippen molar-refractivity contribution < 1.29 is 4.74 Å². The van der Waals surface area contributed by atoms with Gasteiger partial charge in [0.2, 0.25) is 0 Å². The van der Waals surface area contributed by atoms with Crippen molar-refractivity contribution in [3.8, 4) is 0 Å². The summed E-state index contributed by atoms with van der Waals surface area (Å²) >= 11 is 0. The van der Waals surface area contributed by atoms with Crippen molar-refractivity contribution in [1.82, 2.24) is 4.90 Å². The van der Waals surface area contributed by atoms with E-state index in [0.717, 1.165) is 32.1 Å². The summed E-state index contributed by atoms with van der Waals surface area (Å²) in [6.07, 6.45) is 8.07. The zero-order chi connectivity index (χ0) is 12.8. The molecular formula is C15H30N2O. The van der Waals surface area contributed by atoms with Crippen molar-refractivity contribution >= 4 is 0 Å². The van der Waals surface area contributed by atoms with Crippen molar-refractivity contribution in [2.45, 2.75) is 51.5 Å². The second kappa shape index (κ2) is 7.46. The van der Waals surface area contributed by atoms with Gasteiger partial charge in [-0.15, -0.1) is 0 Å². The lowest BCUT2D eigenvalue weighted by atomic mass is 9.96. The van der Waals surface area contributed by atoms with Crippen molar-refractivity contribution in [1.29, 1.82) is 0 Å². The molecule has 0 radical (unpaired) electrons. The minimum atomic E-state index is 0.315. The monoisotopic (exact) mass is 254 g/mol. The molecule has 0 aliphatic carbocycles. The molecule has 2 heterocycles. The highest BCUT2D eigenvalue weighted by molar-refractivity contribution is 4.81. The Balaban J connectivity index is 1.72. The van der Waals surface area contributed by atoms with Crippen LogP contribution in [0.1, 0.15) is 45.4 Å². The van der Waals surface area contributed by atoms with Gasteiger partial charge in [0.25, 0.3) is 0 Å². The smallest absolute Gasteiger partial charge is 0.0510 e. The molecular weight excluding hydrogens is 224 g/mol. The third-order valence-corrected chi connectivity index (χ3v) is 4.68. The molecule has 0 saturated carbocycles. The Morgan fingerprint density at radius 3 is 2.89 bits per heavy atom. The van der Waals surface area contributed by atoms with Gasteiger partial charge in [0.05, 0.1) is 6.61 Å². The topological polar surface area (TPSA) is 38.5 Å². The van der Waals surface area contributed by atoms with Crippen LogP contribution < -0.4 is 5.73 Å². The van der Waals surface area contributed by atoms with E-state index in [4.69, 9.17) is 10.5 Å². The highest BCUT2D eigenvalue weighted by Gasteiger charge is 2.25. The summed E-state index contributed by atoms with van der Waals surface area (Å²) in [5, 5.41) is 0. The molecule has 3 atom stereocenters. The summed E-state index contributed by atoms with van der Waals surface area (Å²) in [4.78, 5) is 2.60. The number of rotatable bonds is 5. The van der Waals surface area contributed by atoms with E-state index < -0.39 is 0 Å². The van der Waals surface area contributed by atoms with Crippen LogP contribution in [0.15, 0.2) is 0 Å². The number of ether oxygens (including phenoxy) is 1. The summed E-state index contributed by atoms with van der Waals surface area (Å²) in [5.74, 6) is 1.56. The van der Waals surface area contributed by atoms with Crippen LogP contribution >= 0.6 is 0 Å². The fourth-order valence-corrected chi connectivity index (χ4v) is 3.44. The average molecular weight is 254 g/mol. The molecule has 0 bridgehead atoms. The van der Waals surface area contributed by atoms with Gasteiger partial charge in [0.1, 0.15) is 0 Å². The Kier molecular flexibility index (Phi) is 5.93. The second-order valence-corrected chi connectivity index (χ2v) is 6.17. The summed E-state index contributed by atoms with van der Waals surface area (Å²) in [6.45, 7) is 7.68.